The maximum Gasteiger partial charge on any atom is 0.411 e. The van der Waals surface area contributed by atoms with E-state index in [9.17, 15) is 4.79 Å². The zero-order valence-electron chi connectivity index (χ0n) is 12.5. The average Bonchev–Trinajstić information content (AvgIpc) is 2.38. The van der Waals surface area contributed by atoms with Crippen molar-refractivity contribution >= 4 is 17.9 Å². The molecule has 1 heterocycles. The second-order valence-corrected chi connectivity index (χ2v) is 7.31. The van der Waals surface area contributed by atoms with Crippen LogP contribution in [0, 0.1) is 0 Å². The van der Waals surface area contributed by atoms with E-state index in [0.29, 0.717) is 0 Å². The van der Waals surface area contributed by atoms with Gasteiger partial charge in [0.1, 0.15) is 5.60 Å². The van der Waals surface area contributed by atoms with Crippen LogP contribution < -0.4 is 0 Å². The van der Waals surface area contributed by atoms with Crippen LogP contribution in [0.4, 0.5) is 4.79 Å². The number of piperidine rings is 1. The fourth-order valence-electron chi connectivity index (χ4n) is 2.21. The largest absolute Gasteiger partial charge is 0.444 e. The van der Waals surface area contributed by atoms with E-state index in [2.05, 4.69) is 12.1 Å². The van der Waals surface area contributed by atoms with Crippen LogP contribution in [-0.2, 0) is 4.74 Å². The molecule has 1 fully saturated rings. The lowest BCUT2D eigenvalue weighted by atomic mass is 10.1. The molecule has 0 aromatic heterocycles. The molecule has 1 unspecified atom stereocenters. The van der Waals surface area contributed by atoms with Crippen LogP contribution in [0.15, 0.2) is 35.2 Å². The summed E-state index contributed by atoms with van der Waals surface area (Å²) in [6.07, 6.45) is 3.07. The van der Waals surface area contributed by atoms with Gasteiger partial charge in [0.2, 0.25) is 0 Å². The van der Waals surface area contributed by atoms with Gasteiger partial charge in [-0.1, -0.05) is 18.2 Å². The number of rotatable bonds is 2. The highest BCUT2D eigenvalue weighted by Gasteiger charge is 2.30. The number of hydrogen-bond donors (Lipinski definition) is 0. The van der Waals surface area contributed by atoms with Crippen LogP contribution in [-0.4, -0.2) is 28.5 Å². The molecule has 3 nitrogen and oxygen atoms in total. The standard InChI is InChI=1S/C16H23NO2S/c1-16(2,3)19-15(18)17-12-8-7-11-14(17)20-13-9-5-4-6-10-13/h4-6,9-10,14H,7-8,11-12H2,1-3H3. The molecule has 0 saturated carbocycles. The van der Waals surface area contributed by atoms with E-state index >= 15 is 0 Å². The number of amides is 1. The minimum absolute atomic E-state index is 0.181. The first-order valence-electron chi connectivity index (χ1n) is 7.17. The lowest BCUT2D eigenvalue weighted by molar-refractivity contribution is 0.0186. The van der Waals surface area contributed by atoms with Gasteiger partial charge < -0.3 is 4.74 Å². The third-order valence-electron chi connectivity index (χ3n) is 3.09. The van der Waals surface area contributed by atoms with Gasteiger partial charge in [-0.25, -0.2) is 4.79 Å². The number of ether oxygens (including phenoxy) is 1. The molecule has 1 saturated heterocycles. The lowest BCUT2D eigenvalue weighted by Crippen LogP contribution is -2.44. The van der Waals surface area contributed by atoms with Gasteiger partial charge in [-0.3, -0.25) is 4.90 Å². The predicted octanol–water partition coefficient (Wildman–Crippen LogP) is 4.53. The van der Waals surface area contributed by atoms with E-state index in [1.54, 1.807) is 11.8 Å². The van der Waals surface area contributed by atoms with Crippen molar-refractivity contribution in [3.05, 3.63) is 30.3 Å². The molecule has 0 spiro atoms. The van der Waals surface area contributed by atoms with Gasteiger partial charge in [0.25, 0.3) is 0 Å². The summed E-state index contributed by atoms with van der Waals surface area (Å²) in [5.41, 5.74) is -0.434. The molecule has 110 valence electrons. The van der Waals surface area contributed by atoms with Crippen LogP contribution in [0.3, 0.4) is 0 Å². The summed E-state index contributed by atoms with van der Waals surface area (Å²) >= 11 is 1.75. The van der Waals surface area contributed by atoms with Crippen LogP contribution in [0.1, 0.15) is 40.0 Å². The summed E-state index contributed by atoms with van der Waals surface area (Å²) in [6.45, 7) is 6.52. The molecule has 1 aromatic carbocycles. The Hall–Kier alpha value is -1.16. The molecule has 0 bridgehead atoms. The molecule has 20 heavy (non-hydrogen) atoms. The molecule has 0 aliphatic carbocycles. The first kappa shape index (κ1) is 15.2. The van der Waals surface area contributed by atoms with Crippen molar-refractivity contribution in [3.8, 4) is 0 Å². The van der Waals surface area contributed by atoms with Crippen LogP contribution in [0.25, 0.3) is 0 Å². The Labute approximate surface area is 125 Å². The third-order valence-corrected chi connectivity index (χ3v) is 4.40. The minimum Gasteiger partial charge on any atom is -0.444 e. The average molecular weight is 293 g/mol. The van der Waals surface area contributed by atoms with Crippen molar-refractivity contribution in [2.45, 2.75) is 55.9 Å². The maximum absolute atomic E-state index is 12.3. The van der Waals surface area contributed by atoms with Gasteiger partial charge in [0, 0.05) is 11.4 Å². The van der Waals surface area contributed by atoms with Crippen molar-refractivity contribution in [3.63, 3.8) is 0 Å². The highest BCUT2D eigenvalue weighted by Crippen LogP contribution is 2.32. The minimum atomic E-state index is -0.434. The Morgan fingerprint density at radius 2 is 1.95 bits per heavy atom. The van der Waals surface area contributed by atoms with Crippen LogP contribution in [0.2, 0.25) is 0 Å². The Bertz CT molecular complexity index is 442. The zero-order chi connectivity index (χ0) is 14.6. The van der Waals surface area contributed by atoms with E-state index in [4.69, 9.17) is 4.74 Å². The predicted molar refractivity (Wildman–Crippen MR) is 82.9 cm³/mol. The van der Waals surface area contributed by atoms with Gasteiger partial charge in [0.05, 0.1) is 5.37 Å². The Morgan fingerprint density at radius 1 is 1.25 bits per heavy atom. The fraction of sp³-hybridized carbons (Fsp3) is 0.562. The topological polar surface area (TPSA) is 29.5 Å². The molecule has 2 rings (SSSR count). The second kappa shape index (κ2) is 6.53. The lowest BCUT2D eigenvalue weighted by Gasteiger charge is -2.36. The molecule has 1 aliphatic heterocycles. The highest BCUT2D eigenvalue weighted by molar-refractivity contribution is 7.99. The number of carbonyl (C=O) groups is 1. The van der Waals surface area contributed by atoms with Gasteiger partial charge >= 0.3 is 6.09 Å². The van der Waals surface area contributed by atoms with E-state index < -0.39 is 5.60 Å². The van der Waals surface area contributed by atoms with Crippen molar-refractivity contribution in [2.24, 2.45) is 0 Å². The van der Waals surface area contributed by atoms with Crippen molar-refractivity contribution < 1.29 is 9.53 Å². The molecule has 1 amide bonds. The first-order valence-corrected chi connectivity index (χ1v) is 8.05. The number of carbonyl (C=O) groups excluding carboxylic acids is 1. The van der Waals surface area contributed by atoms with Gasteiger partial charge in [-0.05, 0) is 52.2 Å². The van der Waals surface area contributed by atoms with E-state index in [0.717, 1.165) is 19.4 Å². The van der Waals surface area contributed by atoms with Crippen molar-refractivity contribution in [1.29, 1.82) is 0 Å². The third kappa shape index (κ3) is 4.44. The van der Waals surface area contributed by atoms with E-state index in [1.165, 1.54) is 11.3 Å². The van der Waals surface area contributed by atoms with Crippen molar-refractivity contribution in [1.82, 2.24) is 4.90 Å². The summed E-state index contributed by atoms with van der Waals surface area (Å²) < 4.78 is 5.52. The normalized spacial score (nSPS) is 19.8. The van der Waals surface area contributed by atoms with Gasteiger partial charge in [0.15, 0.2) is 0 Å². The summed E-state index contributed by atoms with van der Waals surface area (Å²) in [4.78, 5) is 15.4. The molecular weight excluding hydrogens is 270 g/mol. The van der Waals surface area contributed by atoms with Crippen LogP contribution in [0.5, 0.6) is 0 Å². The SMILES string of the molecule is CC(C)(C)OC(=O)N1CCCCC1Sc1ccccc1. The molecule has 1 aliphatic rings. The van der Waals surface area contributed by atoms with E-state index in [-0.39, 0.29) is 11.5 Å². The molecule has 0 N–H and O–H groups in total. The number of likely N-dealkylation sites (tertiary alicyclic amines) is 1. The smallest absolute Gasteiger partial charge is 0.411 e. The Balaban J connectivity index is 2.03. The number of benzene rings is 1. The monoisotopic (exact) mass is 293 g/mol. The second-order valence-electron chi connectivity index (χ2n) is 6.06. The van der Waals surface area contributed by atoms with Crippen molar-refractivity contribution in [2.75, 3.05) is 6.54 Å². The van der Waals surface area contributed by atoms with Gasteiger partial charge in [-0.2, -0.15) is 0 Å². The molecular formula is C16H23NO2S. The molecule has 4 heteroatoms. The summed E-state index contributed by atoms with van der Waals surface area (Å²) in [5, 5.41) is 0.181. The van der Waals surface area contributed by atoms with E-state index in [1.807, 2.05) is 43.9 Å². The quantitative estimate of drug-likeness (QED) is 0.802. The number of thioether (sulfide) groups is 1. The summed E-state index contributed by atoms with van der Waals surface area (Å²) in [6, 6.07) is 10.3. The van der Waals surface area contributed by atoms with Gasteiger partial charge in [-0.15, -0.1) is 11.8 Å². The maximum atomic E-state index is 12.3. The van der Waals surface area contributed by atoms with Crippen LogP contribution >= 0.6 is 11.8 Å². The molecule has 1 aromatic rings. The highest BCUT2D eigenvalue weighted by atomic mass is 32.2. The summed E-state index contributed by atoms with van der Waals surface area (Å²) in [5.74, 6) is 0. The first-order chi connectivity index (χ1) is 9.46. The number of nitrogens with zero attached hydrogens (tertiary/aromatic N) is 1. The molecule has 0 radical (unpaired) electrons. The molecule has 1 atom stereocenters. The Morgan fingerprint density at radius 3 is 2.60 bits per heavy atom. The number of hydrogen-bond acceptors (Lipinski definition) is 3. The Kier molecular flexibility index (Phi) is 4.97. The zero-order valence-corrected chi connectivity index (χ0v) is 13.3. The fourth-order valence-corrected chi connectivity index (χ4v) is 3.44. The summed E-state index contributed by atoms with van der Waals surface area (Å²) in [7, 11) is 0.